The minimum atomic E-state index is -0.214. The molecule has 1 aliphatic heterocycles. The van der Waals surface area contributed by atoms with Crippen molar-refractivity contribution in [2.75, 3.05) is 26.2 Å². The summed E-state index contributed by atoms with van der Waals surface area (Å²) in [5.74, 6) is 0.701. The SMILES string of the molecule is CCOc1ccc(-c2ccc(=O)n(CCNC(=O)C3CCN(C(C)=O)CC3)n2)cc1. The van der Waals surface area contributed by atoms with E-state index >= 15 is 0 Å². The number of ether oxygens (including phenoxy) is 1. The highest BCUT2D eigenvalue weighted by Crippen LogP contribution is 2.20. The Balaban J connectivity index is 1.55. The zero-order valence-corrected chi connectivity index (χ0v) is 17.5. The zero-order valence-electron chi connectivity index (χ0n) is 17.5. The van der Waals surface area contributed by atoms with E-state index in [1.807, 2.05) is 31.2 Å². The van der Waals surface area contributed by atoms with Crippen molar-refractivity contribution in [2.24, 2.45) is 5.92 Å². The number of nitrogens with zero attached hydrogens (tertiary/aromatic N) is 3. The second-order valence-corrected chi connectivity index (χ2v) is 7.31. The first-order valence-electron chi connectivity index (χ1n) is 10.3. The monoisotopic (exact) mass is 412 g/mol. The van der Waals surface area contributed by atoms with Crippen molar-refractivity contribution < 1.29 is 14.3 Å². The van der Waals surface area contributed by atoms with Crippen molar-refractivity contribution in [3.8, 4) is 17.0 Å². The van der Waals surface area contributed by atoms with Crippen molar-refractivity contribution in [1.82, 2.24) is 20.0 Å². The predicted molar refractivity (Wildman–Crippen MR) is 113 cm³/mol. The number of amides is 2. The summed E-state index contributed by atoms with van der Waals surface area (Å²) in [7, 11) is 0. The summed E-state index contributed by atoms with van der Waals surface area (Å²) < 4.78 is 6.81. The number of hydrogen-bond acceptors (Lipinski definition) is 5. The number of benzene rings is 1. The van der Waals surface area contributed by atoms with Crippen LogP contribution in [0.3, 0.4) is 0 Å². The number of likely N-dealkylation sites (tertiary alicyclic amines) is 1. The summed E-state index contributed by atoms with van der Waals surface area (Å²) in [6, 6.07) is 10.7. The van der Waals surface area contributed by atoms with Crippen molar-refractivity contribution in [1.29, 1.82) is 0 Å². The average molecular weight is 412 g/mol. The first-order chi connectivity index (χ1) is 14.5. The van der Waals surface area contributed by atoms with Gasteiger partial charge in [-0.2, -0.15) is 5.10 Å². The van der Waals surface area contributed by atoms with Gasteiger partial charge in [0.1, 0.15) is 5.75 Å². The third-order valence-electron chi connectivity index (χ3n) is 5.26. The Labute approximate surface area is 175 Å². The first kappa shape index (κ1) is 21.5. The molecule has 1 aromatic carbocycles. The number of carbonyl (C=O) groups is 2. The molecule has 1 saturated heterocycles. The number of carbonyl (C=O) groups excluding carboxylic acids is 2. The molecule has 8 heteroatoms. The van der Waals surface area contributed by atoms with Crippen LogP contribution in [0.4, 0.5) is 0 Å². The highest BCUT2D eigenvalue weighted by Gasteiger charge is 2.25. The molecule has 3 rings (SSSR count). The summed E-state index contributed by atoms with van der Waals surface area (Å²) in [5.41, 5.74) is 1.35. The van der Waals surface area contributed by atoms with Gasteiger partial charge in [0.2, 0.25) is 11.8 Å². The van der Waals surface area contributed by atoms with Crippen molar-refractivity contribution in [2.45, 2.75) is 33.2 Å². The van der Waals surface area contributed by atoms with Gasteiger partial charge in [0.25, 0.3) is 5.56 Å². The second-order valence-electron chi connectivity index (χ2n) is 7.31. The normalized spacial score (nSPS) is 14.4. The van der Waals surface area contributed by atoms with Crippen molar-refractivity contribution in [3.05, 3.63) is 46.8 Å². The van der Waals surface area contributed by atoms with Gasteiger partial charge in [0.15, 0.2) is 0 Å². The van der Waals surface area contributed by atoms with Gasteiger partial charge in [-0.05, 0) is 50.1 Å². The minimum Gasteiger partial charge on any atom is -0.494 e. The molecule has 0 atom stereocenters. The van der Waals surface area contributed by atoms with E-state index in [9.17, 15) is 14.4 Å². The van der Waals surface area contributed by atoms with Crippen LogP contribution in [0.2, 0.25) is 0 Å². The van der Waals surface area contributed by atoms with Crippen LogP contribution in [-0.2, 0) is 16.1 Å². The molecule has 0 aliphatic carbocycles. The Morgan fingerprint density at radius 3 is 2.47 bits per heavy atom. The fraction of sp³-hybridized carbons (Fsp3) is 0.455. The van der Waals surface area contributed by atoms with Gasteiger partial charge < -0.3 is 15.0 Å². The maximum atomic E-state index is 12.4. The molecule has 1 N–H and O–H groups in total. The third kappa shape index (κ3) is 5.46. The van der Waals surface area contributed by atoms with Gasteiger partial charge in [-0.15, -0.1) is 0 Å². The van der Waals surface area contributed by atoms with Gasteiger partial charge in [0, 0.05) is 44.1 Å². The van der Waals surface area contributed by atoms with Crippen LogP contribution in [0.5, 0.6) is 5.75 Å². The maximum absolute atomic E-state index is 12.4. The zero-order chi connectivity index (χ0) is 21.5. The molecule has 0 saturated carbocycles. The topological polar surface area (TPSA) is 93.5 Å². The molecule has 2 aromatic rings. The second kappa shape index (κ2) is 10.0. The van der Waals surface area contributed by atoms with Crippen LogP contribution in [0.25, 0.3) is 11.3 Å². The Hall–Kier alpha value is -3.16. The average Bonchev–Trinajstić information content (AvgIpc) is 2.76. The molecule has 1 aliphatic rings. The van der Waals surface area contributed by atoms with Crippen LogP contribution in [0.15, 0.2) is 41.2 Å². The predicted octanol–water partition coefficient (Wildman–Crippen LogP) is 1.68. The highest BCUT2D eigenvalue weighted by atomic mass is 16.5. The lowest BCUT2D eigenvalue weighted by Gasteiger charge is -2.30. The molecule has 1 fully saturated rings. The summed E-state index contributed by atoms with van der Waals surface area (Å²) in [6.45, 7) is 5.92. The van der Waals surface area contributed by atoms with Crippen LogP contribution < -0.4 is 15.6 Å². The van der Waals surface area contributed by atoms with Gasteiger partial charge in [-0.1, -0.05) is 0 Å². The van der Waals surface area contributed by atoms with Gasteiger partial charge in [0.05, 0.1) is 18.8 Å². The summed E-state index contributed by atoms with van der Waals surface area (Å²) >= 11 is 0. The quantitative estimate of drug-likeness (QED) is 0.747. The first-order valence-corrected chi connectivity index (χ1v) is 10.3. The van der Waals surface area contributed by atoms with E-state index in [2.05, 4.69) is 10.4 Å². The molecule has 2 amide bonds. The molecule has 0 bridgehead atoms. The van der Waals surface area contributed by atoms with Crippen LogP contribution in [0.1, 0.15) is 26.7 Å². The highest BCUT2D eigenvalue weighted by molar-refractivity contribution is 5.79. The summed E-state index contributed by atoms with van der Waals surface area (Å²) in [6.07, 6.45) is 1.33. The van der Waals surface area contributed by atoms with E-state index in [1.54, 1.807) is 17.9 Å². The van der Waals surface area contributed by atoms with E-state index in [0.717, 1.165) is 11.3 Å². The molecule has 2 heterocycles. The van der Waals surface area contributed by atoms with Crippen LogP contribution in [-0.4, -0.2) is 52.7 Å². The van der Waals surface area contributed by atoms with Crippen molar-refractivity contribution >= 4 is 11.8 Å². The Kier molecular flexibility index (Phi) is 7.21. The van der Waals surface area contributed by atoms with E-state index in [4.69, 9.17) is 4.74 Å². The maximum Gasteiger partial charge on any atom is 0.266 e. The minimum absolute atomic E-state index is 0.0334. The molecule has 8 nitrogen and oxygen atoms in total. The third-order valence-corrected chi connectivity index (χ3v) is 5.26. The Morgan fingerprint density at radius 2 is 1.83 bits per heavy atom. The molecule has 0 unspecified atom stereocenters. The van der Waals surface area contributed by atoms with Crippen LogP contribution in [0, 0.1) is 5.92 Å². The number of piperidine rings is 1. The number of rotatable bonds is 7. The molecule has 0 radical (unpaired) electrons. The molecular weight excluding hydrogens is 384 g/mol. The number of aromatic nitrogens is 2. The standard InChI is InChI=1S/C22H28N4O4/c1-3-30-19-6-4-17(5-7-19)20-8-9-21(28)26(24-20)15-12-23-22(29)18-10-13-25(14-11-18)16(2)27/h4-9,18H,3,10-15H2,1-2H3,(H,23,29). The molecule has 1 aromatic heterocycles. The van der Waals surface area contributed by atoms with Gasteiger partial charge in [-0.25, -0.2) is 4.68 Å². The number of hydrogen-bond donors (Lipinski definition) is 1. The van der Waals surface area contributed by atoms with Crippen molar-refractivity contribution in [3.63, 3.8) is 0 Å². The molecule has 0 spiro atoms. The smallest absolute Gasteiger partial charge is 0.266 e. The Morgan fingerprint density at radius 1 is 1.13 bits per heavy atom. The fourth-order valence-electron chi connectivity index (χ4n) is 3.54. The van der Waals surface area contributed by atoms with Crippen LogP contribution >= 0.6 is 0 Å². The van der Waals surface area contributed by atoms with E-state index < -0.39 is 0 Å². The van der Waals surface area contributed by atoms with E-state index in [0.29, 0.717) is 51.3 Å². The van der Waals surface area contributed by atoms with E-state index in [1.165, 1.54) is 10.7 Å². The fourth-order valence-corrected chi connectivity index (χ4v) is 3.54. The summed E-state index contributed by atoms with van der Waals surface area (Å²) in [5, 5.41) is 7.32. The number of nitrogens with one attached hydrogen (secondary N) is 1. The van der Waals surface area contributed by atoms with Gasteiger partial charge >= 0.3 is 0 Å². The molecule has 30 heavy (non-hydrogen) atoms. The van der Waals surface area contributed by atoms with Gasteiger partial charge in [-0.3, -0.25) is 14.4 Å². The van der Waals surface area contributed by atoms with E-state index in [-0.39, 0.29) is 23.3 Å². The molecule has 160 valence electrons. The summed E-state index contributed by atoms with van der Waals surface area (Å²) in [4.78, 5) is 37.7. The largest absolute Gasteiger partial charge is 0.494 e. The lowest BCUT2D eigenvalue weighted by Crippen LogP contribution is -2.43. The lowest BCUT2D eigenvalue weighted by molar-refractivity contribution is -0.133. The Bertz CT molecular complexity index is 931. The lowest BCUT2D eigenvalue weighted by atomic mass is 9.96. The molecular formula is C22H28N4O4.